The molecule has 1 saturated carbocycles. The first kappa shape index (κ1) is 12.1. The number of nitrogens with two attached hydrogens (primary N) is 1. The molecule has 0 amide bonds. The standard InChI is InChI=1S/C14H23NS/c1-2-12-5-3-8-14(15,11-12)9-7-13-6-4-10-16-13/h4,6,10,12H,2-3,5,7-9,11,15H2,1H3. The quantitative estimate of drug-likeness (QED) is 0.842. The van der Waals surface area contributed by atoms with Crippen molar-refractivity contribution in [2.24, 2.45) is 11.7 Å². The molecule has 1 aromatic rings. The van der Waals surface area contributed by atoms with E-state index in [1.807, 2.05) is 11.3 Å². The third-order valence-corrected chi connectivity index (χ3v) is 4.95. The molecule has 16 heavy (non-hydrogen) atoms. The van der Waals surface area contributed by atoms with Crippen LogP contribution >= 0.6 is 11.3 Å². The molecule has 1 aliphatic carbocycles. The van der Waals surface area contributed by atoms with Gasteiger partial charge in [-0.25, -0.2) is 0 Å². The first-order valence-corrected chi connectivity index (χ1v) is 7.41. The van der Waals surface area contributed by atoms with Crippen LogP contribution in [-0.4, -0.2) is 5.54 Å². The first-order valence-electron chi connectivity index (χ1n) is 6.53. The van der Waals surface area contributed by atoms with Gasteiger partial charge in [-0.3, -0.25) is 0 Å². The summed E-state index contributed by atoms with van der Waals surface area (Å²) >= 11 is 1.86. The summed E-state index contributed by atoms with van der Waals surface area (Å²) in [4.78, 5) is 1.49. The molecule has 0 saturated heterocycles. The van der Waals surface area contributed by atoms with Crippen molar-refractivity contribution in [2.45, 2.75) is 57.4 Å². The molecule has 1 nitrogen and oxygen atoms in total. The molecular formula is C14H23NS. The maximum atomic E-state index is 6.55. The van der Waals surface area contributed by atoms with Crippen molar-refractivity contribution in [3.63, 3.8) is 0 Å². The van der Waals surface area contributed by atoms with E-state index >= 15 is 0 Å². The predicted octanol–water partition coefficient (Wildman–Crippen LogP) is 3.98. The van der Waals surface area contributed by atoms with Crippen LogP contribution in [0.2, 0.25) is 0 Å². The second kappa shape index (κ2) is 5.33. The summed E-state index contributed by atoms with van der Waals surface area (Å²) in [5.41, 5.74) is 6.67. The number of hydrogen-bond acceptors (Lipinski definition) is 2. The van der Waals surface area contributed by atoms with Crippen molar-refractivity contribution in [3.8, 4) is 0 Å². The lowest BCUT2D eigenvalue weighted by atomic mass is 9.73. The van der Waals surface area contributed by atoms with E-state index in [1.165, 1.54) is 49.8 Å². The minimum Gasteiger partial charge on any atom is -0.325 e. The van der Waals surface area contributed by atoms with E-state index in [-0.39, 0.29) is 5.54 Å². The van der Waals surface area contributed by atoms with Crippen LogP contribution < -0.4 is 5.73 Å². The molecule has 90 valence electrons. The highest BCUT2D eigenvalue weighted by Crippen LogP contribution is 2.35. The van der Waals surface area contributed by atoms with E-state index in [0.29, 0.717) is 0 Å². The highest BCUT2D eigenvalue weighted by atomic mass is 32.1. The summed E-state index contributed by atoms with van der Waals surface area (Å²) in [5.74, 6) is 0.877. The molecular weight excluding hydrogens is 214 g/mol. The zero-order chi connectivity index (χ0) is 11.4. The third kappa shape index (κ3) is 3.08. The van der Waals surface area contributed by atoms with Crippen molar-refractivity contribution in [1.82, 2.24) is 0 Å². The van der Waals surface area contributed by atoms with Crippen LogP contribution in [-0.2, 0) is 6.42 Å². The van der Waals surface area contributed by atoms with Gasteiger partial charge < -0.3 is 5.73 Å². The fourth-order valence-corrected chi connectivity index (χ4v) is 3.63. The molecule has 0 radical (unpaired) electrons. The van der Waals surface area contributed by atoms with Crippen molar-refractivity contribution < 1.29 is 0 Å². The second-order valence-corrected chi connectivity index (χ2v) is 6.34. The zero-order valence-corrected chi connectivity index (χ0v) is 11.1. The Morgan fingerprint density at radius 3 is 3.12 bits per heavy atom. The van der Waals surface area contributed by atoms with E-state index < -0.39 is 0 Å². The van der Waals surface area contributed by atoms with Gasteiger partial charge in [0.25, 0.3) is 0 Å². The van der Waals surface area contributed by atoms with Gasteiger partial charge in [0.15, 0.2) is 0 Å². The van der Waals surface area contributed by atoms with Crippen molar-refractivity contribution >= 4 is 11.3 Å². The zero-order valence-electron chi connectivity index (χ0n) is 10.2. The van der Waals surface area contributed by atoms with Crippen LogP contribution in [0.3, 0.4) is 0 Å². The van der Waals surface area contributed by atoms with E-state index in [0.717, 1.165) is 5.92 Å². The largest absolute Gasteiger partial charge is 0.325 e. The average Bonchev–Trinajstić information content (AvgIpc) is 2.79. The molecule has 2 rings (SSSR count). The van der Waals surface area contributed by atoms with Crippen molar-refractivity contribution in [3.05, 3.63) is 22.4 Å². The molecule has 2 heteroatoms. The van der Waals surface area contributed by atoms with E-state index in [9.17, 15) is 0 Å². The van der Waals surface area contributed by atoms with Crippen LogP contribution in [0, 0.1) is 5.92 Å². The molecule has 0 spiro atoms. The molecule has 0 bridgehead atoms. The summed E-state index contributed by atoms with van der Waals surface area (Å²) in [6.07, 6.45) is 8.85. The van der Waals surface area contributed by atoms with Gasteiger partial charge in [-0.1, -0.05) is 32.3 Å². The highest BCUT2D eigenvalue weighted by molar-refractivity contribution is 7.09. The molecule has 2 unspecified atom stereocenters. The lowest BCUT2D eigenvalue weighted by molar-refractivity contribution is 0.208. The molecule has 0 aliphatic heterocycles. The summed E-state index contributed by atoms with van der Waals surface area (Å²) in [6.45, 7) is 2.30. The fourth-order valence-electron chi connectivity index (χ4n) is 2.92. The van der Waals surface area contributed by atoms with Gasteiger partial charge >= 0.3 is 0 Å². The molecule has 1 heterocycles. The smallest absolute Gasteiger partial charge is 0.0160 e. The van der Waals surface area contributed by atoms with Gasteiger partial charge in [-0.2, -0.15) is 0 Å². The molecule has 1 aromatic heterocycles. The number of aryl methyl sites for hydroxylation is 1. The topological polar surface area (TPSA) is 26.0 Å². The maximum absolute atomic E-state index is 6.55. The fraction of sp³-hybridized carbons (Fsp3) is 0.714. The van der Waals surface area contributed by atoms with E-state index in [1.54, 1.807) is 0 Å². The number of rotatable bonds is 4. The molecule has 1 aliphatic rings. The molecule has 2 atom stereocenters. The predicted molar refractivity (Wildman–Crippen MR) is 71.8 cm³/mol. The monoisotopic (exact) mass is 237 g/mol. The van der Waals surface area contributed by atoms with Crippen molar-refractivity contribution in [2.75, 3.05) is 0 Å². The average molecular weight is 237 g/mol. The normalized spacial score (nSPS) is 30.5. The Bertz CT molecular complexity index is 307. The van der Waals surface area contributed by atoms with Crippen LogP contribution in [0.4, 0.5) is 0 Å². The van der Waals surface area contributed by atoms with Gasteiger partial charge in [0, 0.05) is 10.4 Å². The van der Waals surface area contributed by atoms with Gasteiger partial charge in [0.05, 0.1) is 0 Å². The minimum atomic E-state index is 0.128. The lowest BCUT2D eigenvalue weighted by Crippen LogP contribution is -2.44. The Labute approximate surface area is 103 Å². The van der Waals surface area contributed by atoms with Crippen LogP contribution in [0.1, 0.15) is 50.3 Å². The Kier molecular flexibility index (Phi) is 4.04. The number of hydrogen-bond donors (Lipinski definition) is 1. The Morgan fingerprint density at radius 2 is 2.44 bits per heavy atom. The summed E-state index contributed by atoms with van der Waals surface area (Å²) < 4.78 is 0. The minimum absolute atomic E-state index is 0.128. The van der Waals surface area contributed by atoms with E-state index in [2.05, 4.69) is 24.4 Å². The van der Waals surface area contributed by atoms with Gasteiger partial charge in [0.2, 0.25) is 0 Å². The molecule has 2 N–H and O–H groups in total. The van der Waals surface area contributed by atoms with Crippen LogP contribution in [0.5, 0.6) is 0 Å². The van der Waals surface area contributed by atoms with Gasteiger partial charge in [-0.15, -0.1) is 11.3 Å². The third-order valence-electron chi connectivity index (χ3n) is 4.01. The number of thiophene rings is 1. The highest BCUT2D eigenvalue weighted by Gasteiger charge is 2.31. The van der Waals surface area contributed by atoms with Crippen LogP contribution in [0.25, 0.3) is 0 Å². The Morgan fingerprint density at radius 1 is 1.56 bits per heavy atom. The summed E-state index contributed by atoms with van der Waals surface area (Å²) in [6, 6.07) is 4.37. The van der Waals surface area contributed by atoms with Crippen molar-refractivity contribution in [1.29, 1.82) is 0 Å². The Balaban J connectivity index is 1.87. The first-order chi connectivity index (χ1) is 7.72. The van der Waals surface area contributed by atoms with Gasteiger partial charge in [-0.05, 0) is 43.0 Å². The molecule has 1 fully saturated rings. The molecule has 0 aromatic carbocycles. The summed E-state index contributed by atoms with van der Waals surface area (Å²) in [7, 11) is 0. The second-order valence-electron chi connectivity index (χ2n) is 5.31. The lowest BCUT2D eigenvalue weighted by Gasteiger charge is -2.38. The van der Waals surface area contributed by atoms with E-state index in [4.69, 9.17) is 5.73 Å². The van der Waals surface area contributed by atoms with Crippen LogP contribution in [0.15, 0.2) is 17.5 Å². The van der Waals surface area contributed by atoms with Gasteiger partial charge in [0.1, 0.15) is 0 Å². The summed E-state index contributed by atoms with van der Waals surface area (Å²) in [5, 5.41) is 2.16. The maximum Gasteiger partial charge on any atom is 0.0160 e. The Hall–Kier alpha value is -0.340. The SMILES string of the molecule is CCC1CCCC(N)(CCc2cccs2)C1.